The molecule has 3 amide bonds. The van der Waals surface area contributed by atoms with Crippen molar-refractivity contribution in [1.82, 2.24) is 5.32 Å². The number of carbonyl (C=O) groups excluding carboxylic acids is 3. The molecule has 0 saturated heterocycles. The molecule has 0 aliphatic rings. The van der Waals surface area contributed by atoms with Gasteiger partial charge < -0.3 is 20.7 Å². The molecule has 0 saturated carbocycles. The van der Waals surface area contributed by atoms with Crippen LogP contribution in [-0.4, -0.2) is 31.4 Å². The predicted octanol–water partition coefficient (Wildman–Crippen LogP) is 3.46. The lowest BCUT2D eigenvalue weighted by Crippen LogP contribution is -2.25. The Morgan fingerprint density at radius 2 is 1.71 bits per heavy atom. The van der Waals surface area contributed by atoms with Crippen molar-refractivity contribution in [2.75, 3.05) is 24.3 Å². The van der Waals surface area contributed by atoms with Gasteiger partial charge in [0.1, 0.15) is 5.75 Å². The van der Waals surface area contributed by atoms with Crippen molar-refractivity contribution >= 4 is 40.7 Å². The first-order valence-electron chi connectivity index (χ1n) is 8.68. The molecule has 148 valence electrons. The zero-order chi connectivity index (χ0) is 20.5. The van der Waals surface area contributed by atoms with Crippen LogP contribution in [0.2, 0.25) is 5.02 Å². The molecule has 0 spiro atoms. The maximum absolute atomic E-state index is 12.2. The maximum Gasteiger partial charge on any atom is 0.251 e. The summed E-state index contributed by atoms with van der Waals surface area (Å²) in [6.07, 6.45) is 0.669. The summed E-state index contributed by atoms with van der Waals surface area (Å²) in [7, 11) is 1.52. The van der Waals surface area contributed by atoms with Gasteiger partial charge in [0.25, 0.3) is 5.91 Å². The fraction of sp³-hybridized carbons (Fsp3) is 0.250. The van der Waals surface area contributed by atoms with Gasteiger partial charge in [-0.15, -0.1) is 0 Å². The molecule has 3 N–H and O–H groups in total. The Bertz CT molecular complexity index is 853. The van der Waals surface area contributed by atoms with Gasteiger partial charge in [-0.25, -0.2) is 0 Å². The number of methoxy groups -OCH3 is 1. The second-order valence-corrected chi connectivity index (χ2v) is 6.44. The molecule has 2 aromatic rings. The average molecular weight is 404 g/mol. The second-order valence-electron chi connectivity index (χ2n) is 6.01. The summed E-state index contributed by atoms with van der Waals surface area (Å²) in [6.45, 7) is 1.74. The summed E-state index contributed by atoms with van der Waals surface area (Å²) >= 11 is 5.80. The highest BCUT2D eigenvalue weighted by Crippen LogP contribution is 2.27. The molecule has 0 radical (unpaired) electrons. The number of amides is 3. The van der Waals surface area contributed by atoms with Gasteiger partial charge in [-0.3, -0.25) is 14.4 Å². The molecule has 0 atom stereocenters. The number of rotatable bonds is 8. The second kappa shape index (κ2) is 10.3. The first kappa shape index (κ1) is 21.2. The summed E-state index contributed by atoms with van der Waals surface area (Å²) in [5, 5.41) is 8.73. The number of nitrogens with one attached hydrogen (secondary N) is 3. The van der Waals surface area contributed by atoms with Gasteiger partial charge >= 0.3 is 0 Å². The average Bonchev–Trinajstić information content (AvgIpc) is 2.66. The third-order valence-corrected chi connectivity index (χ3v) is 4.04. The summed E-state index contributed by atoms with van der Waals surface area (Å²) in [6, 6.07) is 11.5. The van der Waals surface area contributed by atoms with Gasteiger partial charge in [0.05, 0.1) is 18.5 Å². The van der Waals surface area contributed by atoms with Crippen LogP contribution in [0.25, 0.3) is 0 Å². The van der Waals surface area contributed by atoms with Crippen LogP contribution in [0.4, 0.5) is 11.4 Å². The third kappa shape index (κ3) is 6.59. The molecule has 8 heteroatoms. The quantitative estimate of drug-likeness (QED) is 0.588. The largest absolute Gasteiger partial charge is 0.497 e. The van der Waals surface area contributed by atoms with Crippen molar-refractivity contribution in [1.29, 1.82) is 0 Å². The number of hydrogen-bond acceptors (Lipinski definition) is 4. The number of ether oxygens (including phenoxy) is 1. The van der Waals surface area contributed by atoms with E-state index in [1.165, 1.54) is 14.0 Å². The van der Waals surface area contributed by atoms with E-state index in [2.05, 4.69) is 16.0 Å². The molecular weight excluding hydrogens is 382 g/mol. The van der Waals surface area contributed by atoms with E-state index < -0.39 is 0 Å². The minimum absolute atomic E-state index is 0.206. The summed E-state index contributed by atoms with van der Waals surface area (Å²) < 4.78 is 5.15. The Kier molecular flexibility index (Phi) is 7.83. The maximum atomic E-state index is 12.2. The minimum atomic E-state index is -0.245. The van der Waals surface area contributed by atoms with Crippen LogP contribution in [0.1, 0.15) is 30.1 Å². The van der Waals surface area contributed by atoms with E-state index in [4.69, 9.17) is 16.3 Å². The Balaban J connectivity index is 1.84. The number of benzene rings is 2. The van der Waals surface area contributed by atoms with E-state index in [1.54, 1.807) is 42.5 Å². The van der Waals surface area contributed by atoms with E-state index in [0.29, 0.717) is 40.7 Å². The third-order valence-electron chi connectivity index (χ3n) is 3.78. The van der Waals surface area contributed by atoms with Gasteiger partial charge in [0.15, 0.2) is 0 Å². The molecule has 0 aliphatic carbocycles. The summed E-state index contributed by atoms with van der Waals surface area (Å²) in [4.78, 5) is 35.5. The smallest absolute Gasteiger partial charge is 0.251 e. The van der Waals surface area contributed by atoms with E-state index in [0.717, 1.165) is 0 Å². The summed E-state index contributed by atoms with van der Waals surface area (Å²) in [5.41, 5.74) is 1.44. The SMILES string of the molecule is COc1ccc(NC(C)=O)c(NC(=O)CCCNC(=O)c2ccc(Cl)cc2)c1. The van der Waals surface area contributed by atoms with Gasteiger partial charge in [0, 0.05) is 36.5 Å². The molecule has 0 heterocycles. The van der Waals surface area contributed by atoms with Crippen molar-refractivity contribution in [2.45, 2.75) is 19.8 Å². The molecule has 0 unspecified atom stereocenters. The molecule has 7 nitrogen and oxygen atoms in total. The molecular formula is C20H22ClN3O4. The van der Waals surface area contributed by atoms with Crippen LogP contribution in [0, 0.1) is 0 Å². The van der Waals surface area contributed by atoms with Crippen LogP contribution in [0.15, 0.2) is 42.5 Å². The van der Waals surface area contributed by atoms with Gasteiger partial charge in [-0.1, -0.05) is 11.6 Å². The van der Waals surface area contributed by atoms with E-state index in [1.807, 2.05) is 0 Å². The Morgan fingerprint density at radius 1 is 1.00 bits per heavy atom. The van der Waals surface area contributed by atoms with Crippen LogP contribution in [0.5, 0.6) is 5.75 Å². The highest BCUT2D eigenvalue weighted by Gasteiger charge is 2.10. The van der Waals surface area contributed by atoms with Crippen molar-refractivity contribution in [3.05, 3.63) is 53.1 Å². The fourth-order valence-electron chi connectivity index (χ4n) is 2.42. The first-order chi connectivity index (χ1) is 13.4. The fourth-order valence-corrected chi connectivity index (χ4v) is 2.55. The molecule has 0 fully saturated rings. The van der Waals surface area contributed by atoms with Gasteiger partial charge in [-0.2, -0.15) is 0 Å². The van der Waals surface area contributed by atoms with Crippen LogP contribution >= 0.6 is 11.6 Å². The summed E-state index contributed by atoms with van der Waals surface area (Å²) in [5.74, 6) is -0.149. The number of halogens is 1. The lowest BCUT2D eigenvalue weighted by Gasteiger charge is -2.13. The van der Waals surface area contributed by atoms with Crippen LogP contribution in [0.3, 0.4) is 0 Å². The lowest BCUT2D eigenvalue weighted by molar-refractivity contribution is -0.116. The van der Waals surface area contributed by atoms with E-state index in [9.17, 15) is 14.4 Å². The number of carbonyl (C=O) groups is 3. The zero-order valence-corrected chi connectivity index (χ0v) is 16.4. The van der Waals surface area contributed by atoms with Crippen LogP contribution in [-0.2, 0) is 9.59 Å². The standard InChI is InChI=1S/C20H22ClN3O4/c1-13(25)23-17-10-9-16(28-2)12-18(17)24-19(26)4-3-11-22-20(27)14-5-7-15(21)8-6-14/h5-10,12H,3-4,11H2,1-2H3,(H,22,27)(H,23,25)(H,24,26). The van der Waals surface area contributed by atoms with Gasteiger partial charge in [0.2, 0.25) is 11.8 Å². The normalized spacial score (nSPS) is 10.1. The van der Waals surface area contributed by atoms with Crippen molar-refractivity contribution in [3.63, 3.8) is 0 Å². The highest BCUT2D eigenvalue weighted by atomic mass is 35.5. The number of anilines is 2. The molecule has 2 rings (SSSR count). The Labute approximate surface area is 168 Å². The van der Waals surface area contributed by atoms with Crippen molar-refractivity contribution in [3.8, 4) is 5.75 Å². The highest BCUT2D eigenvalue weighted by molar-refractivity contribution is 6.30. The zero-order valence-electron chi connectivity index (χ0n) is 15.7. The van der Waals surface area contributed by atoms with E-state index >= 15 is 0 Å². The molecule has 0 aromatic heterocycles. The lowest BCUT2D eigenvalue weighted by atomic mass is 10.2. The molecule has 0 aliphatic heterocycles. The van der Waals surface area contributed by atoms with Crippen LogP contribution < -0.4 is 20.7 Å². The first-order valence-corrected chi connectivity index (χ1v) is 9.06. The Hall–Kier alpha value is -3.06. The van der Waals surface area contributed by atoms with Crippen molar-refractivity contribution < 1.29 is 19.1 Å². The van der Waals surface area contributed by atoms with Crippen molar-refractivity contribution in [2.24, 2.45) is 0 Å². The number of hydrogen-bond donors (Lipinski definition) is 3. The molecule has 2 aromatic carbocycles. The molecule has 28 heavy (non-hydrogen) atoms. The Morgan fingerprint density at radius 3 is 2.36 bits per heavy atom. The monoisotopic (exact) mass is 403 g/mol. The topological polar surface area (TPSA) is 96.5 Å². The van der Waals surface area contributed by atoms with E-state index in [-0.39, 0.29) is 24.1 Å². The minimum Gasteiger partial charge on any atom is -0.497 e. The predicted molar refractivity (Wildman–Crippen MR) is 109 cm³/mol. The molecule has 0 bridgehead atoms. The van der Waals surface area contributed by atoms with Gasteiger partial charge in [-0.05, 0) is 42.8 Å².